The van der Waals surface area contributed by atoms with E-state index in [1.165, 1.54) is 6.42 Å². The average Bonchev–Trinajstić information content (AvgIpc) is 2.77. The number of rotatable bonds is 4. The Hall–Kier alpha value is -1.43. The Balaban J connectivity index is 1.91. The van der Waals surface area contributed by atoms with Crippen LogP contribution in [0.5, 0.6) is 0 Å². The summed E-state index contributed by atoms with van der Waals surface area (Å²) < 4.78 is 4.82. The lowest BCUT2D eigenvalue weighted by atomic mass is 10.1. The van der Waals surface area contributed by atoms with Gasteiger partial charge in [-0.05, 0) is 19.4 Å². The van der Waals surface area contributed by atoms with E-state index < -0.39 is 5.97 Å². The normalized spacial score (nSPS) is 20.7. The highest BCUT2D eigenvalue weighted by atomic mass is 16.5. The van der Waals surface area contributed by atoms with E-state index in [0.29, 0.717) is 18.3 Å². The lowest BCUT2D eigenvalue weighted by molar-refractivity contribution is -0.136. The van der Waals surface area contributed by atoms with E-state index >= 15 is 0 Å². The molecular formula is C9H13N3O3. The molecule has 2 N–H and O–H groups in total. The molecule has 0 radical (unpaired) electrons. The highest BCUT2D eigenvalue weighted by molar-refractivity contribution is 5.68. The largest absolute Gasteiger partial charge is 0.481 e. The van der Waals surface area contributed by atoms with E-state index in [0.717, 1.165) is 13.0 Å². The Kier molecular flexibility index (Phi) is 2.96. The molecule has 0 saturated carbocycles. The van der Waals surface area contributed by atoms with Gasteiger partial charge in [0, 0.05) is 12.5 Å². The first kappa shape index (κ1) is 10.1. The average molecular weight is 211 g/mol. The number of hydrogen-bond donors (Lipinski definition) is 2. The second-order valence-electron chi connectivity index (χ2n) is 3.67. The minimum Gasteiger partial charge on any atom is -0.481 e. The molecule has 2 heterocycles. The predicted octanol–water partition coefficient (Wildman–Crippen LogP) is -0.00880. The van der Waals surface area contributed by atoms with Crippen LogP contribution in [0.25, 0.3) is 0 Å². The molecule has 0 aromatic carbocycles. The molecule has 0 bridgehead atoms. The molecule has 0 aliphatic carbocycles. The van der Waals surface area contributed by atoms with Gasteiger partial charge in [0.05, 0.1) is 0 Å². The number of nitrogens with zero attached hydrogens (tertiary/aromatic N) is 2. The third kappa shape index (κ3) is 2.76. The summed E-state index contributed by atoms with van der Waals surface area (Å²) in [4.78, 5) is 14.4. The molecule has 1 aromatic rings. The summed E-state index contributed by atoms with van der Waals surface area (Å²) >= 11 is 0. The van der Waals surface area contributed by atoms with Gasteiger partial charge in [0.1, 0.15) is 6.42 Å². The standard InChI is InChI=1S/C9H13N3O3/c13-9(14)5-8-11-7(12-15-8)4-6-2-1-3-10-6/h6,10H,1-5H2,(H,13,14). The monoisotopic (exact) mass is 211 g/mol. The van der Waals surface area contributed by atoms with Gasteiger partial charge in [-0.1, -0.05) is 5.16 Å². The lowest BCUT2D eigenvalue weighted by Gasteiger charge is -2.04. The van der Waals surface area contributed by atoms with E-state index in [4.69, 9.17) is 9.63 Å². The third-order valence-corrected chi connectivity index (χ3v) is 2.40. The summed E-state index contributed by atoms with van der Waals surface area (Å²) in [6, 6.07) is 0.403. The molecule has 6 heteroatoms. The van der Waals surface area contributed by atoms with Gasteiger partial charge >= 0.3 is 5.97 Å². The second kappa shape index (κ2) is 4.39. The van der Waals surface area contributed by atoms with Crippen molar-refractivity contribution in [3.63, 3.8) is 0 Å². The van der Waals surface area contributed by atoms with Crippen LogP contribution < -0.4 is 5.32 Å². The Bertz CT molecular complexity index is 344. The molecule has 1 atom stereocenters. The molecule has 15 heavy (non-hydrogen) atoms. The van der Waals surface area contributed by atoms with Crippen molar-refractivity contribution in [2.24, 2.45) is 0 Å². The van der Waals surface area contributed by atoms with Gasteiger partial charge in [0.25, 0.3) is 0 Å². The number of nitrogens with one attached hydrogen (secondary N) is 1. The molecule has 82 valence electrons. The summed E-state index contributed by atoms with van der Waals surface area (Å²) in [5, 5.41) is 15.6. The van der Waals surface area contributed by atoms with Crippen LogP contribution in [0.2, 0.25) is 0 Å². The van der Waals surface area contributed by atoms with E-state index in [2.05, 4.69) is 15.5 Å². The fourth-order valence-corrected chi connectivity index (χ4v) is 1.73. The number of aromatic nitrogens is 2. The van der Waals surface area contributed by atoms with Crippen molar-refractivity contribution in [2.75, 3.05) is 6.54 Å². The van der Waals surface area contributed by atoms with E-state index in [1.54, 1.807) is 0 Å². The molecule has 6 nitrogen and oxygen atoms in total. The molecule has 1 aliphatic heterocycles. The van der Waals surface area contributed by atoms with Crippen molar-refractivity contribution in [3.8, 4) is 0 Å². The summed E-state index contributed by atoms with van der Waals surface area (Å²) in [5.74, 6) is -0.190. The third-order valence-electron chi connectivity index (χ3n) is 2.40. The molecule has 0 amide bonds. The van der Waals surface area contributed by atoms with Crippen LogP contribution in [0.4, 0.5) is 0 Å². The molecule has 1 unspecified atom stereocenters. The first-order valence-corrected chi connectivity index (χ1v) is 5.00. The van der Waals surface area contributed by atoms with Crippen LogP contribution in [0.15, 0.2) is 4.52 Å². The summed E-state index contributed by atoms with van der Waals surface area (Å²) in [6.45, 7) is 1.03. The number of carboxylic acid groups (broad SMARTS) is 1. The van der Waals surface area contributed by atoms with Crippen molar-refractivity contribution >= 4 is 5.97 Å². The van der Waals surface area contributed by atoms with Gasteiger partial charge in [-0.15, -0.1) is 0 Å². The number of aliphatic carboxylic acids is 1. The first-order valence-electron chi connectivity index (χ1n) is 5.00. The molecule has 1 aliphatic rings. The first-order chi connectivity index (χ1) is 7.24. The van der Waals surface area contributed by atoms with Crippen LogP contribution in [0.3, 0.4) is 0 Å². The molecular weight excluding hydrogens is 198 g/mol. The molecule has 1 saturated heterocycles. The molecule has 0 spiro atoms. The van der Waals surface area contributed by atoms with Gasteiger partial charge in [-0.25, -0.2) is 0 Å². The summed E-state index contributed by atoms with van der Waals surface area (Å²) in [6.07, 6.45) is 2.79. The zero-order valence-electron chi connectivity index (χ0n) is 8.27. The highest BCUT2D eigenvalue weighted by Crippen LogP contribution is 2.10. The zero-order chi connectivity index (χ0) is 10.7. The van der Waals surface area contributed by atoms with Gasteiger partial charge in [-0.3, -0.25) is 4.79 Å². The molecule has 1 fully saturated rings. The van der Waals surface area contributed by atoms with Crippen molar-refractivity contribution in [1.29, 1.82) is 0 Å². The molecule has 1 aromatic heterocycles. The number of hydrogen-bond acceptors (Lipinski definition) is 5. The SMILES string of the molecule is O=C(O)Cc1nc(CC2CCCN2)no1. The number of carbonyl (C=O) groups is 1. The zero-order valence-corrected chi connectivity index (χ0v) is 8.27. The van der Waals surface area contributed by atoms with E-state index in [-0.39, 0.29) is 12.3 Å². The fraction of sp³-hybridized carbons (Fsp3) is 0.667. The van der Waals surface area contributed by atoms with Crippen molar-refractivity contribution in [1.82, 2.24) is 15.5 Å². The lowest BCUT2D eigenvalue weighted by Crippen LogP contribution is -2.24. The maximum atomic E-state index is 10.4. The Morgan fingerprint density at radius 2 is 2.53 bits per heavy atom. The minimum atomic E-state index is -0.954. The predicted molar refractivity (Wildman–Crippen MR) is 50.4 cm³/mol. The highest BCUT2D eigenvalue weighted by Gasteiger charge is 2.18. The Morgan fingerprint density at radius 3 is 3.20 bits per heavy atom. The Labute approximate surface area is 86.7 Å². The second-order valence-corrected chi connectivity index (χ2v) is 3.67. The van der Waals surface area contributed by atoms with E-state index in [1.807, 2.05) is 0 Å². The van der Waals surface area contributed by atoms with Crippen molar-refractivity contribution in [3.05, 3.63) is 11.7 Å². The maximum Gasteiger partial charge on any atom is 0.312 e. The minimum absolute atomic E-state index is 0.176. The number of carboxylic acids is 1. The van der Waals surface area contributed by atoms with Gasteiger partial charge in [0.15, 0.2) is 5.82 Å². The quantitative estimate of drug-likeness (QED) is 0.728. The maximum absolute atomic E-state index is 10.4. The van der Waals surface area contributed by atoms with Gasteiger partial charge < -0.3 is 14.9 Å². The van der Waals surface area contributed by atoms with Crippen molar-refractivity contribution < 1.29 is 14.4 Å². The van der Waals surface area contributed by atoms with E-state index in [9.17, 15) is 4.79 Å². The fourth-order valence-electron chi connectivity index (χ4n) is 1.73. The van der Waals surface area contributed by atoms with Crippen LogP contribution in [-0.4, -0.2) is 33.8 Å². The summed E-state index contributed by atoms with van der Waals surface area (Å²) in [7, 11) is 0. The smallest absolute Gasteiger partial charge is 0.312 e. The van der Waals surface area contributed by atoms with Gasteiger partial charge in [0.2, 0.25) is 5.89 Å². The van der Waals surface area contributed by atoms with Crippen LogP contribution in [-0.2, 0) is 17.6 Å². The van der Waals surface area contributed by atoms with Crippen LogP contribution in [0, 0.1) is 0 Å². The topological polar surface area (TPSA) is 88.2 Å². The van der Waals surface area contributed by atoms with Crippen LogP contribution in [0.1, 0.15) is 24.6 Å². The molecule has 2 rings (SSSR count). The van der Waals surface area contributed by atoms with Crippen LogP contribution >= 0.6 is 0 Å². The Morgan fingerprint density at radius 1 is 1.67 bits per heavy atom. The van der Waals surface area contributed by atoms with Gasteiger partial charge in [-0.2, -0.15) is 4.98 Å². The summed E-state index contributed by atoms with van der Waals surface area (Å²) in [5.41, 5.74) is 0. The van der Waals surface area contributed by atoms with Crippen molar-refractivity contribution in [2.45, 2.75) is 31.7 Å².